The first kappa shape index (κ1) is 13.9. The van der Waals surface area contributed by atoms with Crippen LogP contribution in [0.15, 0.2) is 24.4 Å². The van der Waals surface area contributed by atoms with Crippen LogP contribution < -0.4 is 5.32 Å². The van der Waals surface area contributed by atoms with E-state index in [0.29, 0.717) is 10.6 Å². The number of nitrogens with zero attached hydrogens (tertiary/aromatic N) is 2. The standard InChI is InChI=1S/C14H14ClN3S/c1-2-12-9-18-14(19-12)5-6-17-13-7-11(15)4-3-10(13)8-16/h3-4,7,9,17H,2,5-6H2,1H3. The number of thiazole rings is 1. The summed E-state index contributed by atoms with van der Waals surface area (Å²) in [6.07, 6.45) is 3.81. The lowest BCUT2D eigenvalue weighted by Gasteiger charge is -2.07. The molecule has 1 heterocycles. The molecule has 0 atom stereocenters. The smallest absolute Gasteiger partial charge is 0.101 e. The second-order valence-corrected chi connectivity index (χ2v) is 5.69. The summed E-state index contributed by atoms with van der Waals surface area (Å²) < 4.78 is 0. The van der Waals surface area contributed by atoms with Crippen molar-refractivity contribution in [2.75, 3.05) is 11.9 Å². The van der Waals surface area contributed by atoms with E-state index in [2.05, 4.69) is 23.3 Å². The number of anilines is 1. The van der Waals surface area contributed by atoms with Crippen LogP contribution >= 0.6 is 22.9 Å². The Hall–Kier alpha value is -1.57. The van der Waals surface area contributed by atoms with Crippen molar-refractivity contribution in [2.24, 2.45) is 0 Å². The molecule has 3 nitrogen and oxygen atoms in total. The number of hydrogen-bond acceptors (Lipinski definition) is 4. The highest BCUT2D eigenvalue weighted by atomic mass is 35.5. The van der Waals surface area contributed by atoms with E-state index in [9.17, 15) is 0 Å². The molecule has 0 saturated carbocycles. The third kappa shape index (κ3) is 3.69. The first-order chi connectivity index (χ1) is 9.22. The average molecular weight is 292 g/mol. The molecule has 19 heavy (non-hydrogen) atoms. The molecule has 1 N–H and O–H groups in total. The summed E-state index contributed by atoms with van der Waals surface area (Å²) in [5.74, 6) is 0. The van der Waals surface area contributed by atoms with Crippen LogP contribution in [0.5, 0.6) is 0 Å². The summed E-state index contributed by atoms with van der Waals surface area (Å²) in [4.78, 5) is 5.67. The van der Waals surface area contributed by atoms with E-state index in [-0.39, 0.29) is 0 Å². The Morgan fingerprint density at radius 2 is 2.32 bits per heavy atom. The van der Waals surface area contributed by atoms with Crippen LogP contribution in [0.2, 0.25) is 5.02 Å². The van der Waals surface area contributed by atoms with Crippen molar-refractivity contribution in [1.29, 1.82) is 5.26 Å². The van der Waals surface area contributed by atoms with Crippen LogP contribution in [0.25, 0.3) is 0 Å². The van der Waals surface area contributed by atoms with E-state index in [1.165, 1.54) is 4.88 Å². The molecule has 2 rings (SSSR count). The van der Waals surface area contributed by atoms with Crippen molar-refractivity contribution >= 4 is 28.6 Å². The molecule has 0 aliphatic carbocycles. The minimum atomic E-state index is 0.609. The average Bonchev–Trinajstić information content (AvgIpc) is 2.87. The highest BCUT2D eigenvalue weighted by Crippen LogP contribution is 2.20. The Bertz CT molecular complexity index is 601. The second-order valence-electron chi connectivity index (χ2n) is 4.05. The summed E-state index contributed by atoms with van der Waals surface area (Å²) in [5.41, 5.74) is 1.39. The van der Waals surface area contributed by atoms with E-state index < -0.39 is 0 Å². The molecule has 1 aromatic heterocycles. The molecule has 98 valence electrons. The summed E-state index contributed by atoms with van der Waals surface area (Å²) in [7, 11) is 0. The van der Waals surface area contributed by atoms with Crippen LogP contribution in [0.1, 0.15) is 22.4 Å². The van der Waals surface area contributed by atoms with Crippen LogP contribution in [-0.4, -0.2) is 11.5 Å². The van der Waals surface area contributed by atoms with Crippen molar-refractivity contribution in [3.63, 3.8) is 0 Å². The topological polar surface area (TPSA) is 48.7 Å². The normalized spacial score (nSPS) is 10.2. The summed E-state index contributed by atoms with van der Waals surface area (Å²) in [6.45, 7) is 2.87. The van der Waals surface area contributed by atoms with Crippen LogP contribution in [0.3, 0.4) is 0 Å². The maximum atomic E-state index is 9.02. The first-order valence-corrected chi connectivity index (χ1v) is 7.29. The summed E-state index contributed by atoms with van der Waals surface area (Å²) in [5, 5.41) is 14.0. The highest BCUT2D eigenvalue weighted by Gasteiger charge is 2.04. The van der Waals surface area contributed by atoms with Crippen LogP contribution in [0, 0.1) is 11.3 Å². The lowest BCUT2D eigenvalue weighted by molar-refractivity contribution is 0.996. The van der Waals surface area contributed by atoms with Crippen molar-refractivity contribution in [3.05, 3.63) is 44.9 Å². The van der Waals surface area contributed by atoms with Crippen molar-refractivity contribution in [2.45, 2.75) is 19.8 Å². The number of aryl methyl sites for hydroxylation is 1. The Morgan fingerprint density at radius 1 is 1.47 bits per heavy atom. The maximum Gasteiger partial charge on any atom is 0.101 e. The molecule has 2 aromatic rings. The predicted octanol–water partition coefficient (Wildman–Crippen LogP) is 3.89. The molecular formula is C14H14ClN3S. The van der Waals surface area contributed by atoms with Gasteiger partial charge in [-0.25, -0.2) is 4.98 Å². The SMILES string of the molecule is CCc1cnc(CCNc2cc(Cl)ccc2C#N)s1. The van der Waals surface area contributed by atoms with Crippen molar-refractivity contribution < 1.29 is 0 Å². The number of hydrogen-bond donors (Lipinski definition) is 1. The Kier molecular flexibility index (Phi) is 4.78. The molecule has 0 aliphatic heterocycles. The van der Waals surface area contributed by atoms with E-state index in [0.717, 1.165) is 30.1 Å². The minimum absolute atomic E-state index is 0.609. The van der Waals surface area contributed by atoms with Gasteiger partial charge in [0, 0.05) is 29.1 Å². The van der Waals surface area contributed by atoms with E-state index in [1.807, 2.05) is 6.20 Å². The molecule has 0 saturated heterocycles. The number of rotatable bonds is 5. The Labute approximate surface area is 121 Å². The molecule has 0 radical (unpaired) electrons. The monoisotopic (exact) mass is 291 g/mol. The largest absolute Gasteiger partial charge is 0.384 e. The number of halogens is 1. The van der Waals surface area contributed by atoms with Gasteiger partial charge < -0.3 is 5.32 Å². The van der Waals surface area contributed by atoms with E-state index in [1.54, 1.807) is 29.5 Å². The Balaban J connectivity index is 1.95. The van der Waals surface area contributed by atoms with Crippen LogP contribution in [-0.2, 0) is 12.8 Å². The van der Waals surface area contributed by atoms with Gasteiger partial charge in [0.1, 0.15) is 6.07 Å². The zero-order chi connectivity index (χ0) is 13.7. The van der Waals surface area contributed by atoms with Gasteiger partial charge >= 0.3 is 0 Å². The third-order valence-electron chi connectivity index (χ3n) is 2.71. The molecule has 0 fully saturated rings. The summed E-state index contributed by atoms with van der Waals surface area (Å²) >= 11 is 7.67. The quantitative estimate of drug-likeness (QED) is 0.909. The third-order valence-corrected chi connectivity index (χ3v) is 4.14. The lowest BCUT2D eigenvalue weighted by atomic mass is 10.2. The molecule has 0 unspecified atom stereocenters. The number of aromatic nitrogens is 1. The van der Waals surface area contributed by atoms with Crippen LogP contribution in [0.4, 0.5) is 5.69 Å². The minimum Gasteiger partial charge on any atom is -0.384 e. The molecule has 5 heteroatoms. The zero-order valence-electron chi connectivity index (χ0n) is 10.6. The van der Waals surface area contributed by atoms with Gasteiger partial charge in [0.25, 0.3) is 0 Å². The van der Waals surface area contributed by atoms with Gasteiger partial charge in [0.15, 0.2) is 0 Å². The van der Waals surface area contributed by atoms with Crippen molar-refractivity contribution in [1.82, 2.24) is 4.98 Å². The Morgan fingerprint density at radius 3 is 3.00 bits per heavy atom. The van der Waals surface area contributed by atoms with Gasteiger partial charge in [-0.05, 0) is 24.6 Å². The molecule has 0 amide bonds. The fourth-order valence-electron chi connectivity index (χ4n) is 1.69. The van der Waals surface area contributed by atoms with E-state index in [4.69, 9.17) is 16.9 Å². The number of benzene rings is 1. The highest BCUT2D eigenvalue weighted by molar-refractivity contribution is 7.11. The van der Waals surface area contributed by atoms with Gasteiger partial charge in [-0.1, -0.05) is 18.5 Å². The van der Waals surface area contributed by atoms with Gasteiger partial charge in [0.2, 0.25) is 0 Å². The molecule has 0 bridgehead atoms. The lowest BCUT2D eigenvalue weighted by Crippen LogP contribution is -2.06. The number of nitriles is 1. The second kappa shape index (κ2) is 6.55. The zero-order valence-corrected chi connectivity index (χ0v) is 12.2. The van der Waals surface area contributed by atoms with E-state index >= 15 is 0 Å². The van der Waals surface area contributed by atoms with Crippen molar-refractivity contribution in [3.8, 4) is 6.07 Å². The van der Waals surface area contributed by atoms with Gasteiger partial charge in [-0.2, -0.15) is 5.26 Å². The fourth-order valence-corrected chi connectivity index (χ4v) is 2.73. The molecule has 0 aliphatic rings. The maximum absolute atomic E-state index is 9.02. The number of nitrogens with one attached hydrogen (secondary N) is 1. The van der Waals surface area contributed by atoms with Gasteiger partial charge in [-0.3, -0.25) is 0 Å². The summed E-state index contributed by atoms with van der Waals surface area (Å²) in [6, 6.07) is 7.38. The fraction of sp³-hybridized carbons (Fsp3) is 0.286. The predicted molar refractivity (Wildman–Crippen MR) is 79.9 cm³/mol. The van der Waals surface area contributed by atoms with Gasteiger partial charge in [0.05, 0.1) is 16.3 Å². The molecular weight excluding hydrogens is 278 g/mol. The molecule has 1 aromatic carbocycles. The first-order valence-electron chi connectivity index (χ1n) is 6.10. The van der Waals surface area contributed by atoms with Gasteiger partial charge in [-0.15, -0.1) is 11.3 Å². The molecule has 0 spiro atoms.